The number of pyridine rings is 1. The Hall–Kier alpha value is -2.36. The maximum Gasteiger partial charge on any atom is 0.337 e. The van der Waals surface area contributed by atoms with Crippen molar-refractivity contribution in [2.45, 2.75) is 0 Å². The highest BCUT2D eigenvalue weighted by Gasteiger charge is 2.11. The van der Waals surface area contributed by atoms with Crippen LogP contribution in [-0.2, 0) is 4.79 Å². The molecule has 0 radical (unpaired) electrons. The lowest BCUT2D eigenvalue weighted by Gasteiger charge is -1.99. The van der Waals surface area contributed by atoms with E-state index in [1.54, 1.807) is 30.5 Å². The van der Waals surface area contributed by atoms with E-state index in [4.69, 9.17) is 9.52 Å². The Bertz CT molecular complexity index is 500. The molecule has 0 aliphatic carbocycles. The first kappa shape index (κ1) is 10.2. The molecule has 0 atom stereocenters. The molecular weight excluding hydrogens is 206 g/mol. The summed E-state index contributed by atoms with van der Waals surface area (Å²) in [7, 11) is 0. The molecule has 80 valence electrons. The number of furan rings is 1. The van der Waals surface area contributed by atoms with Crippen molar-refractivity contribution in [2.75, 3.05) is 0 Å². The van der Waals surface area contributed by atoms with Gasteiger partial charge in [0.15, 0.2) is 0 Å². The molecule has 2 aromatic heterocycles. The number of carboxylic acids is 1. The lowest BCUT2D eigenvalue weighted by Crippen LogP contribution is -2.01. The Balaban J connectivity index is 2.43. The third-order valence-electron chi connectivity index (χ3n) is 2.03. The highest BCUT2D eigenvalue weighted by molar-refractivity contribution is 6.19. The summed E-state index contributed by atoms with van der Waals surface area (Å²) >= 11 is 0. The average molecular weight is 215 g/mol. The van der Waals surface area contributed by atoms with E-state index in [1.165, 1.54) is 18.6 Å². The summed E-state index contributed by atoms with van der Waals surface area (Å²) in [6, 6.07) is 6.82. The molecule has 2 rings (SSSR count). The Kier molecular flexibility index (Phi) is 2.82. The van der Waals surface area contributed by atoms with Gasteiger partial charge in [-0.1, -0.05) is 6.07 Å². The zero-order valence-electron chi connectivity index (χ0n) is 8.33. The molecular formula is C12H9NO3. The van der Waals surface area contributed by atoms with Gasteiger partial charge in [-0.2, -0.15) is 0 Å². The molecule has 0 saturated heterocycles. The van der Waals surface area contributed by atoms with Gasteiger partial charge in [0, 0.05) is 11.8 Å². The van der Waals surface area contributed by atoms with Crippen molar-refractivity contribution in [3.05, 3.63) is 54.2 Å². The molecule has 0 spiro atoms. The fraction of sp³-hybridized carbons (Fsp3) is 0. The maximum absolute atomic E-state index is 11.1. The van der Waals surface area contributed by atoms with Crippen molar-refractivity contribution in [3.63, 3.8) is 0 Å². The van der Waals surface area contributed by atoms with E-state index in [0.29, 0.717) is 11.3 Å². The molecule has 0 saturated carbocycles. The molecule has 4 heteroatoms. The van der Waals surface area contributed by atoms with Gasteiger partial charge < -0.3 is 9.52 Å². The summed E-state index contributed by atoms with van der Waals surface area (Å²) in [6.07, 6.45) is 6.05. The van der Waals surface area contributed by atoms with Crippen molar-refractivity contribution in [1.29, 1.82) is 0 Å². The molecule has 2 aromatic rings. The minimum Gasteiger partial charge on any atom is -0.478 e. The van der Waals surface area contributed by atoms with Crippen LogP contribution >= 0.6 is 0 Å². The van der Waals surface area contributed by atoms with Gasteiger partial charge in [-0.15, -0.1) is 0 Å². The highest BCUT2D eigenvalue weighted by atomic mass is 16.4. The Morgan fingerprint density at radius 3 is 2.81 bits per heavy atom. The monoisotopic (exact) mass is 215 g/mol. The van der Waals surface area contributed by atoms with Gasteiger partial charge >= 0.3 is 5.97 Å². The van der Waals surface area contributed by atoms with Crippen LogP contribution in [-0.4, -0.2) is 16.1 Å². The summed E-state index contributed by atoms with van der Waals surface area (Å²) < 4.78 is 4.87. The number of aromatic nitrogens is 1. The second kappa shape index (κ2) is 4.44. The highest BCUT2D eigenvalue weighted by Crippen LogP contribution is 2.16. The summed E-state index contributed by atoms with van der Waals surface area (Å²) in [5, 5.41) is 9.09. The number of hydrogen-bond acceptors (Lipinski definition) is 3. The number of aliphatic carboxylic acids is 1. The first-order valence-corrected chi connectivity index (χ1v) is 4.66. The number of rotatable bonds is 3. The predicted octanol–water partition coefficient (Wildman–Crippen LogP) is 2.30. The fourth-order valence-corrected chi connectivity index (χ4v) is 1.29. The van der Waals surface area contributed by atoms with Gasteiger partial charge in [-0.3, -0.25) is 4.98 Å². The molecule has 2 heterocycles. The first-order chi connectivity index (χ1) is 7.77. The van der Waals surface area contributed by atoms with Gasteiger partial charge in [0.25, 0.3) is 0 Å². The van der Waals surface area contributed by atoms with Crippen LogP contribution in [0.3, 0.4) is 0 Å². The smallest absolute Gasteiger partial charge is 0.337 e. The van der Waals surface area contributed by atoms with E-state index in [9.17, 15) is 4.79 Å². The second-order valence-corrected chi connectivity index (χ2v) is 3.13. The average Bonchev–Trinajstić information content (AvgIpc) is 2.79. The van der Waals surface area contributed by atoms with Crippen LogP contribution < -0.4 is 0 Å². The zero-order valence-corrected chi connectivity index (χ0v) is 8.33. The zero-order chi connectivity index (χ0) is 11.4. The van der Waals surface area contributed by atoms with Crippen LogP contribution in [0.15, 0.2) is 47.4 Å². The molecule has 16 heavy (non-hydrogen) atoms. The van der Waals surface area contributed by atoms with E-state index >= 15 is 0 Å². The largest absolute Gasteiger partial charge is 0.478 e. The van der Waals surface area contributed by atoms with Crippen LogP contribution in [0.2, 0.25) is 0 Å². The van der Waals surface area contributed by atoms with E-state index < -0.39 is 5.97 Å². The normalized spacial score (nSPS) is 11.4. The fourth-order valence-electron chi connectivity index (χ4n) is 1.29. The van der Waals surface area contributed by atoms with Gasteiger partial charge in [-0.05, 0) is 24.3 Å². The van der Waals surface area contributed by atoms with Crippen LogP contribution in [0, 0.1) is 0 Å². The molecule has 0 bridgehead atoms. The molecule has 0 fully saturated rings. The third kappa shape index (κ3) is 2.17. The minimum absolute atomic E-state index is 0.141. The van der Waals surface area contributed by atoms with Gasteiger partial charge in [0.1, 0.15) is 0 Å². The van der Waals surface area contributed by atoms with Crippen molar-refractivity contribution in [3.8, 4) is 0 Å². The number of carbonyl (C=O) groups is 1. The molecule has 4 nitrogen and oxygen atoms in total. The van der Waals surface area contributed by atoms with Crippen LogP contribution in [0.5, 0.6) is 0 Å². The van der Waals surface area contributed by atoms with E-state index in [-0.39, 0.29) is 5.57 Å². The van der Waals surface area contributed by atoms with E-state index in [0.717, 1.165) is 0 Å². The topological polar surface area (TPSA) is 63.3 Å². The van der Waals surface area contributed by atoms with Gasteiger partial charge in [0.2, 0.25) is 0 Å². The third-order valence-corrected chi connectivity index (χ3v) is 2.03. The minimum atomic E-state index is -1.01. The van der Waals surface area contributed by atoms with Crippen LogP contribution in [0.4, 0.5) is 0 Å². The molecule has 0 aliphatic rings. The number of nitrogens with zero attached hydrogens (tertiary/aromatic N) is 1. The Morgan fingerprint density at radius 1 is 1.38 bits per heavy atom. The maximum atomic E-state index is 11.1. The molecule has 0 aliphatic heterocycles. The Labute approximate surface area is 91.9 Å². The first-order valence-electron chi connectivity index (χ1n) is 4.66. The van der Waals surface area contributed by atoms with Crippen molar-refractivity contribution >= 4 is 17.6 Å². The predicted molar refractivity (Wildman–Crippen MR) is 58.5 cm³/mol. The lowest BCUT2D eigenvalue weighted by atomic mass is 10.1. The Morgan fingerprint density at radius 2 is 2.25 bits per heavy atom. The van der Waals surface area contributed by atoms with Crippen molar-refractivity contribution < 1.29 is 14.3 Å². The molecule has 0 unspecified atom stereocenters. The lowest BCUT2D eigenvalue weighted by molar-refractivity contribution is -0.130. The van der Waals surface area contributed by atoms with Crippen LogP contribution in [0.1, 0.15) is 11.3 Å². The summed E-state index contributed by atoms with van der Waals surface area (Å²) in [5.74, 6) is -1.01. The van der Waals surface area contributed by atoms with Crippen LogP contribution in [0.25, 0.3) is 11.6 Å². The van der Waals surface area contributed by atoms with Gasteiger partial charge in [0.05, 0.1) is 23.8 Å². The SMILES string of the molecule is O=C(O)C(=Cc1ccoc1)c1ccccn1. The second-order valence-electron chi connectivity index (χ2n) is 3.13. The van der Waals surface area contributed by atoms with Gasteiger partial charge in [-0.25, -0.2) is 4.79 Å². The van der Waals surface area contributed by atoms with Crippen molar-refractivity contribution in [2.24, 2.45) is 0 Å². The van der Waals surface area contributed by atoms with E-state index in [1.807, 2.05) is 0 Å². The molecule has 0 amide bonds. The summed E-state index contributed by atoms with van der Waals surface area (Å²) in [5.41, 5.74) is 1.27. The summed E-state index contributed by atoms with van der Waals surface area (Å²) in [4.78, 5) is 15.1. The molecule has 0 aromatic carbocycles. The van der Waals surface area contributed by atoms with Crippen molar-refractivity contribution in [1.82, 2.24) is 4.98 Å². The number of carboxylic acid groups (broad SMARTS) is 1. The molecule has 1 N–H and O–H groups in total. The quantitative estimate of drug-likeness (QED) is 0.798. The number of hydrogen-bond donors (Lipinski definition) is 1. The summed E-state index contributed by atoms with van der Waals surface area (Å²) in [6.45, 7) is 0. The standard InChI is InChI=1S/C12H9NO3/c14-12(15)10(7-9-4-6-16-8-9)11-3-1-2-5-13-11/h1-8H,(H,14,15). The van der Waals surface area contributed by atoms with E-state index in [2.05, 4.69) is 4.98 Å².